The summed E-state index contributed by atoms with van der Waals surface area (Å²) in [6.45, 7) is 4.38. The van der Waals surface area contributed by atoms with E-state index < -0.39 is 26.5 Å². The van der Waals surface area contributed by atoms with Crippen molar-refractivity contribution in [3.63, 3.8) is 0 Å². The van der Waals surface area contributed by atoms with Gasteiger partial charge in [0.2, 0.25) is 0 Å². The summed E-state index contributed by atoms with van der Waals surface area (Å²) in [5.41, 5.74) is 0. The summed E-state index contributed by atoms with van der Waals surface area (Å²) in [4.78, 5) is 35.9. The van der Waals surface area contributed by atoms with Crippen LogP contribution in [0.2, 0.25) is 0 Å². The van der Waals surface area contributed by atoms with Crippen molar-refractivity contribution in [2.24, 2.45) is 0 Å². The molecule has 0 heterocycles. The molecule has 0 saturated heterocycles. The first-order valence-corrected chi connectivity index (χ1v) is 39.7. The van der Waals surface area contributed by atoms with Gasteiger partial charge in [-0.15, -0.1) is 0 Å². The number of unbranched alkanes of at least 4 members (excludes halogenated alkanes) is 45. The van der Waals surface area contributed by atoms with Gasteiger partial charge in [-0.05, 0) is 64.2 Å². The van der Waals surface area contributed by atoms with Crippen molar-refractivity contribution in [1.82, 2.24) is 0 Å². The average molecular weight is 1270 g/mol. The number of ether oxygens (including phenoxy) is 2. The molecule has 0 fully saturated rings. The summed E-state index contributed by atoms with van der Waals surface area (Å²) < 4.78 is 34.8. The third-order valence-electron chi connectivity index (χ3n) is 17.0. The summed E-state index contributed by atoms with van der Waals surface area (Å²) in [6.07, 6.45) is 94.6. The molecule has 0 spiro atoms. The summed E-state index contributed by atoms with van der Waals surface area (Å²) in [6, 6.07) is 0. The number of phosphoric acid groups is 1. The third-order valence-corrected chi connectivity index (χ3v) is 18.0. The zero-order chi connectivity index (χ0) is 64.8. The summed E-state index contributed by atoms with van der Waals surface area (Å²) >= 11 is 0. The Morgan fingerprint density at radius 1 is 0.360 bits per heavy atom. The van der Waals surface area contributed by atoms with E-state index in [2.05, 4.69) is 86.8 Å². The maximum absolute atomic E-state index is 12.9. The van der Waals surface area contributed by atoms with Crippen molar-refractivity contribution in [2.75, 3.05) is 47.5 Å². The highest BCUT2D eigenvalue weighted by Crippen LogP contribution is 2.43. The third kappa shape index (κ3) is 74.4. The summed E-state index contributed by atoms with van der Waals surface area (Å²) in [5.74, 6) is -0.779. The molecule has 89 heavy (non-hydrogen) atoms. The Kier molecular flexibility index (Phi) is 67.8. The van der Waals surface area contributed by atoms with Crippen molar-refractivity contribution in [1.29, 1.82) is 0 Å². The van der Waals surface area contributed by atoms with Crippen LogP contribution in [-0.4, -0.2) is 74.9 Å². The summed E-state index contributed by atoms with van der Waals surface area (Å²) in [5, 5.41) is 0. The van der Waals surface area contributed by atoms with Crippen molar-refractivity contribution in [2.45, 2.75) is 373 Å². The number of hydrogen-bond donors (Lipinski definition) is 1. The number of rotatable bonds is 71. The Morgan fingerprint density at radius 2 is 0.640 bits per heavy atom. The number of nitrogens with zero attached hydrogens (tertiary/aromatic N) is 1. The van der Waals surface area contributed by atoms with Gasteiger partial charge >= 0.3 is 19.8 Å². The number of carbonyl (C=O) groups is 2. The first-order valence-electron chi connectivity index (χ1n) is 38.2. The number of allylic oxidation sites excluding steroid dienone is 12. The lowest BCUT2D eigenvalue weighted by Gasteiger charge is -2.24. The van der Waals surface area contributed by atoms with Gasteiger partial charge in [-0.3, -0.25) is 18.6 Å². The number of esters is 2. The van der Waals surface area contributed by atoms with Gasteiger partial charge in [0.15, 0.2) is 6.10 Å². The van der Waals surface area contributed by atoms with Crippen LogP contribution in [0.3, 0.4) is 0 Å². The predicted octanol–water partition coefficient (Wildman–Crippen LogP) is 25.1. The Bertz CT molecular complexity index is 1730. The standard InChI is InChI=1S/C79H146NO8P/c1-6-8-10-12-14-16-18-20-22-24-26-28-30-32-34-36-38-39-40-41-42-44-46-48-50-52-54-56-58-60-62-64-66-68-70-72-79(82)88-77(76-87-89(83,84)86-74-73-80(3,4)5)75-85-78(81)71-69-67-65-63-61-59-57-55-53-51-49-47-45-43-37-35-33-31-29-27-25-23-21-19-17-15-13-11-9-7-2/h8,10,14,16,20,22,26,28,32,34,38-39,77H,6-7,9,11-13,15,17-19,21,23-25,27,29-31,33,35-37,40-76H2,1-5H3/p+1/b10-8-,16-14-,22-20-,28-26-,34-32-,39-38-. The first kappa shape index (κ1) is 86.5. The van der Waals surface area contributed by atoms with Crippen LogP contribution in [0.15, 0.2) is 72.9 Å². The van der Waals surface area contributed by atoms with Crippen molar-refractivity contribution < 1.29 is 42.1 Å². The van der Waals surface area contributed by atoms with Crippen LogP contribution in [0.1, 0.15) is 367 Å². The normalized spacial score (nSPS) is 13.5. The van der Waals surface area contributed by atoms with E-state index in [9.17, 15) is 19.0 Å². The molecule has 10 heteroatoms. The highest BCUT2D eigenvalue weighted by Gasteiger charge is 2.27. The second-order valence-electron chi connectivity index (χ2n) is 27.0. The second kappa shape index (κ2) is 69.8. The molecule has 0 amide bonds. The van der Waals surface area contributed by atoms with Gasteiger partial charge in [-0.2, -0.15) is 0 Å². The first-order chi connectivity index (χ1) is 43.5. The molecule has 520 valence electrons. The Hall–Kier alpha value is -2.55. The van der Waals surface area contributed by atoms with Gasteiger partial charge in [-0.25, -0.2) is 4.57 Å². The smallest absolute Gasteiger partial charge is 0.462 e. The molecule has 0 bridgehead atoms. The number of likely N-dealkylation sites (N-methyl/N-ethyl adjacent to an activating group) is 1. The SMILES string of the molecule is CC/C=C\C/C=C\C/C=C\C/C=C\C/C=C\C/C=C\CCCCCCCCCCCCCCCCCCC(=O)OC(COC(=O)CCCCCCCCCCCCCCCCCCCCCCCCCCCCCCCC)COP(=O)(O)OCC[N+](C)(C)C. The molecule has 0 aromatic heterocycles. The van der Waals surface area contributed by atoms with E-state index in [1.54, 1.807) is 0 Å². The lowest BCUT2D eigenvalue weighted by atomic mass is 10.0. The molecule has 0 aliphatic heterocycles. The molecular weight excluding hydrogens is 1120 g/mol. The highest BCUT2D eigenvalue weighted by molar-refractivity contribution is 7.47. The molecule has 2 atom stereocenters. The van der Waals surface area contributed by atoms with Gasteiger partial charge in [0.05, 0.1) is 27.7 Å². The van der Waals surface area contributed by atoms with E-state index in [1.165, 1.54) is 263 Å². The molecule has 0 saturated carbocycles. The van der Waals surface area contributed by atoms with Gasteiger partial charge in [-0.1, -0.05) is 363 Å². The van der Waals surface area contributed by atoms with E-state index in [-0.39, 0.29) is 25.6 Å². The molecule has 0 rings (SSSR count). The minimum absolute atomic E-state index is 0.0326. The minimum atomic E-state index is -4.39. The zero-order valence-corrected chi connectivity index (χ0v) is 60.3. The van der Waals surface area contributed by atoms with Gasteiger partial charge in [0, 0.05) is 12.8 Å². The van der Waals surface area contributed by atoms with Crippen LogP contribution in [0.5, 0.6) is 0 Å². The van der Waals surface area contributed by atoms with Gasteiger partial charge < -0.3 is 18.9 Å². The average Bonchev–Trinajstić information content (AvgIpc) is 3.60. The molecular formula is C79H147NO8P+. The molecule has 0 radical (unpaired) electrons. The van der Waals surface area contributed by atoms with Crippen LogP contribution in [0, 0.1) is 0 Å². The largest absolute Gasteiger partial charge is 0.472 e. The van der Waals surface area contributed by atoms with Gasteiger partial charge in [0.1, 0.15) is 19.8 Å². The highest BCUT2D eigenvalue weighted by atomic mass is 31.2. The van der Waals surface area contributed by atoms with Gasteiger partial charge in [0.25, 0.3) is 0 Å². The maximum Gasteiger partial charge on any atom is 0.472 e. The molecule has 1 N–H and O–H groups in total. The van der Waals surface area contributed by atoms with E-state index in [0.29, 0.717) is 23.9 Å². The van der Waals surface area contributed by atoms with E-state index in [0.717, 1.165) is 70.6 Å². The monoisotopic (exact) mass is 1270 g/mol. The van der Waals surface area contributed by atoms with Crippen molar-refractivity contribution in [3.8, 4) is 0 Å². The zero-order valence-electron chi connectivity index (χ0n) is 59.4. The Balaban J connectivity index is 3.97. The van der Waals surface area contributed by atoms with Crippen LogP contribution >= 0.6 is 7.82 Å². The van der Waals surface area contributed by atoms with Crippen LogP contribution in [0.25, 0.3) is 0 Å². The molecule has 0 aromatic rings. The fourth-order valence-electron chi connectivity index (χ4n) is 11.2. The molecule has 0 aromatic carbocycles. The molecule has 0 aliphatic rings. The van der Waals surface area contributed by atoms with Crippen LogP contribution in [-0.2, 0) is 32.7 Å². The Labute approximate surface area is 552 Å². The molecule has 9 nitrogen and oxygen atoms in total. The topological polar surface area (TPSA) is 108 Å². The minimum Gasteiger partial charge on any atom is -0.462 e. The number of hydrogen-bond acceptors (Lipinski definition) is 7. The summed E-state index contributed by atoms with van der Waals surface area (Å²) in [7, 11) is 1.49. The quantitative estimate of drug-likeness (QED) is 0.0211. The second-order valence-corrected chi connectivity index (χ2v) is 28.5. The number of quaternary nitrogens is 1. The van der Waals surface area contributed by atoms with Crippen molar-refractivity contribution >= 4 is 19.8 Å². The fourth-order valence-corrected chi connectivity index (χ4v) is 11.9. The maximum atomic E-state index is 12.9. The van der Waals surface area contributed by atoms with Crippen LogP contribution in [0.4, 0.5) is 0 Å². The number of phosphoric ester groups is 1. The molecule has 2 unspecified atom stereocenters. The number of carbonyl (C=O) groups excluding carboxylic acids is 2. The van der Waals surface area contributed by atoms with E-state index in [1.807, 2.05) is 21.1 Å². The van der Waals surface area contributed by atoms with E-state index >= 15 is 0 Å². The molecule has 0 aliphatic carbocycles. The lowest BCUT2D eigenvalue weighted by molar-refractivity contribution is -0.870. The lowest BCUT2D eigenvalue weighted by Crippen LogP contribution is -2.37. The predicted molar refractivity (Wildman–Crippen MR) is 386 cm³/mol. The van der Waals surface area contributed by atoms with Crippen LogP contribution < -0.4 is 0 Å². The van der Waals surface area contributed by atoms with Crippen molar-refractivity contribution in [3.05, 3.63) is 72.9 Å². The van der Waals surface area contributed by atoms with E-state index in [4.69, 9.17) is 18.5 Å². The fraction of sp³-hybridized carbons (Fsp3) is 0.823. The Morgan fingerprint density at radius 3 is 0.955 bits per heavy atom.